The summed E-state index contributed by atoms with van der Waals surface area (Å²) in [5.74, 6) is 0. The summed E-state index contributed by atoms with van der Waals surface area (Å²) >= 11 is 1.44. The standard InChI is InChI=1S/C4H10P.Nd/c1-3-4-5-2;/h3-4H2,1-2H3;/q-1;+1. The maximum atomic E-state index is 2.38. The summed E-state index contributed by atoms with van der Waals surface area (Å²) in [6.07, 6.45) is 2.90. The van der Waals surface area contributed by atoms with Crippen molar-refractivity contribution in [2.24, 2.45) is 0 Å². The Morgan fingerprint density at radius 2 is 2.17 bits per heavy atom. The Kier molecular flexibility index (Phi) is 6.39. The Morgan fingerprint density at radius 3 is 2.17 bits per heavy atom. The first-order valence-electron chi connectivity index (χ1n) is 2.19. The Balaban J connectivity index is 2.63. The Bertz CT molecular complexity index is 28.7. The van der Waals surface area contributed by atoms with Crippen molar-refractivity contribution in [3.63, 3.8) is 0 Å². The molecule has 0 spiro atoms. The van der Waals surface area contributed by atoms with E-state index in [0.717, 1.165) is 0 Å². The molecule has 0 aromatic carbocycles. The summed E-state index contributed by atoms with van der Waals surface area (Å²) in [5, 5.41) is 0. The van der Waals surface area contributed by atoms with E-state index in [2.05, 4.69) is 13.6 Å². The van der Waals surface area contributed by atoms with E-state index in [9.17, 15) is 0 Å². The molecule has 35 valence electrons. The summed E-state index contributed by atoms with van der Waals surface area (Å²) < 4.78 is 0.538. The predicted molar refractivity (Wildman–Crippen MR) is 28.0 cm³/mol. The van der Waals surface area contributed by atoms with Gasteiger partial charge in [0.05, 0.1) is 0 Å². The molecule has 0 fully saturated rings. The van der Waals surface area contributed by atoms with Crippen LogP contribution in [0.3, 0.4) is 0 Å². The van der Waals surface area contributed by atoms with Crippen LogP contribution >= 0.6 is 2.81 Å². The van der Waals surface area contributed by atoms with Gasteiger partial charge in [-0.2, -0.15) is 0 Å². The third kappa shape index (κ3) is 5.78. The van der Waals surface area contributed by atoms with Crippen molar-refractivity contribution in [1.29, 1.82) is 0 Å². The molecule has 0 aromatic rings. The molecule has 0 saturated heterocycles. The van der Waals surface area contributed by atoms with Gasteiger partial charge in [0.2, 0.25) is 0 Å². The van der Waals surface area contributed by atoms with Crippen LogP contribution in [0.25, 0.3) is 0 Å². The summed E-state index contributed by atoms with van der Waals surface area (Å²) in [5.41, 5.74) is 0. The van der Waals surface area contributed by atoms with Crippen LogP contribution in [0.5, 0.6) is 0 Å². The van der Waals surface area contributed by atoms with Gasteiger partial charge in [0.15, 0.2) is 0 Å². The Hall–Kier alpha value is 1.78. The average Bonchev–Trinajstić information content (AvgIpc) is 1.35. The number of rotatable bonds is 2. The van der Waals surface area contributed by atoms with Crippen LogP contribution in [0.15, 0.2) is 0 Å². The van der Waals surface area contributed by atoms with Crippen molar-refractivity contribution >= 4 is 2.81 Å². The minimum atomic E-state index is 0.538. The van der Waals surface area contributed by atoms with Gasteiger partial charge in [0.25, 0.3) is 0 Å². The fourth-order valence-corrected chi connectivity index (χ4v) is 3.16. The van der Waals surface area contributed by atoms with Gasteiger partial charge in [-0.05, 0) is 0 Å². The van der Waals surface area contributed by atoms with Crippen LogP contribution in [0.1, 0.15) is 13.3 Å². The summed E-state index contributed by atoms with van der Waals surface area (Å²) in [6.45, 7) is 4.64. The molecule has 0 nitrogen and oxygen atoms in total. The molecule has 0 aliphatic carbocycles. The van der Waals surface area contributed by atoms with Crippen LogP contribution in [0.4, 0.5) is 0 Å². The van der Waals surface area contributed by atoms with E-state index in [-0.39, 0.29) is 0 Å². The third-order valence-corrected chi connectivity index (χ3v) is 3.83. The number of hydrogen-bond acceptors (Lipinski definition) is 0. The van der Waals surface area contributed by atoms with Crippen molar-refractivity contribution in [3.8, 4) is 0 Å². The Labute approximate surface area is 66.2 Å². The van der Waals surface area contributed by atoms with Gasteiger partial charge in [0, 0.05) is 0 Å². The van der Waals surface area contributed by atoms with E-state index < -0.39 is 0 Å². The zero-order valence-corrected chi connectivity index (χ0v) is 8.46. The molecule has 6 heavy (non-hydrogen) atoms. The summed E-state index contributed by atoms with van der Waals surface area (Å²) in [6, 6.07) is 0. The van der Waals surface area contributed by atoms with Gasteiger partial charge in [0.1, 0.15) is 0 Å². The predicted octanol–water partition coefficient (Wildman–Crippen LogP) is 1.97. The second-order valence-corrected chi connectivity index (χ2v) is 10.6. The summed E-state index contributed by atoms with van der Waals surface area (Å²) in [4.78, 5) is 0. The molecule has 1 atom stereocenters. The van der Waals surface area contributed by atoms with Crippen LogP contribution in [-0.2, 0) is 0 Å². The second kappa shape index (κ2) is 4.93. The first-order chi connectivity index (χ1) is 2.77. The van der Waals surface area contributed by atoms with Crippen LogP contribution in [0, 0.1) is 38.0 Å². The van der Waals surface area contributed by atoms with E-state index in [1.165, 1.54) is 50.6 Å². The molecule has 0 N–H and O–H groups in total. The fraction of sp³-hybridized carbons (Fsp3) is 1.00. The van der Waals surface area contributed by atoms with E-state index >= 15 is 0 Å². The molecule has 2 heteroatoms. The molecule has 0 rings (SSSR count). The van der Waals surface area contributed by atoms with Gasteiger partial charge >= 0.3 is 67.0 Å². The van der Waals surface area contributed by atoms with Gasteiger partial charge in [-0.15, -0.1) is 0 Å². The van der Waals surface area contributed by atoms with E-state index in [0.29, 0.717) is 2.81 Å². The average molecular weight is 233 g/mol. The van der Waals surface area contributed by atoms with Crippen LogP contribution in [0.2, 0.25) is 0 Å². The molecule has 0 aliphatic rings. The molecule has 0 saturated carbocycles. The minimum absolute atomic E-state index is 0.538. The third-order valence-electron chi connectivity index (χ3n) is 0.559. The molecular weight excluding hydrogens is 223 g/mol. The molecule has 0 bridgehead atoms. The van der Waals surface area contributed by atoms with Crippen molar-refractivity contribution in [1.82, 2.24) is 0 Å². The zero-order chi connectivity index (χ0) is 4.99. The van der Waals surface area contributed by atoms with E-state index in [1.807, 2.05) is 0 Å². The van der Waals surface area contributed by atoms with Crippen molar-refractivity contribution < 1.29 is 38.0 Å². The van der Waals surface area contributed by atoms with E-state index in [4.69, 9.17) is 0 Å². The first-order valence-corrected chi connectivity index (χ1v) is 8.47. The fourth-order valence-electron chi connectivity index (χ4n) is 0.335. The SMILES string of the molecule is CCC[P](C)[Nd]. The second-order valence-electron chi connectivity index (χ2n) is 1.42. The molecule has 0 amide bonds. The van der Waals surface area contributed by atoms with Crippen molar-refractivity contribution in [2.75, 3.05) is 12.8 Å². The van der Waals surface area contributed by atoms with Crippen LogP contribution < -0.4 is 0 Å². The van der Waals surface area contributed by atoms with Gasteiger partial charge in [-0.1, -0.05) is 0 Å². The zero-order valence-electron chi connectivity index (χ0n) is 4.36. The molecule has 1 unspecified atom stereocenters. The molecule has 0 aromatic heterocycles. The Morgan fingerprint density at radius 1 is 1.67 bits per heavy atom. The van der Waals surface area contributed by atoms with Gasteiger partial charge in [-0.3, -0.25) is 0 Å². The molecular formula is C4H10NdP. The van der Waals surface area contributed by atoms with Crippen molar-refractivity contribution in [3.05, 3.63) is 0 Å². The monoisotopic (exact) mass is 231 g/mol. The molecule has 0 radical (unpaired) electrons. The molecule has 0 heterocycles. The van der Waals surface area contributed by atoms with Gasteiger partial charge in [-0.25, -0.2) is 0 Å². The summed E-state index contributed by atoms with van der Waals surface area (Å²) in [7, 11) is 0. The van der Waals surface area contributed by atoms with Crippen molar-refractivity contribution in [2.45, 2.75) is 13.3 Å². The normalized spacial score (nSPS) is 14.2. The topological polar surface area (TPSA) is 0 Å². The number of hydrogen-bond donors (Lipinski definition) is 0. The molecule has 0 aliphatic heterocycles. The first kappa shape index (κ1) is 7.78. The maximum absolute atomic E-state index is 2.38. The quantitative estimate of drug-likeness (QED) is 0.640. The van der Waals surface area contributed by atoms with Crippen LogP contribution in [-0.4, -0.2) is 12.8 Å². The van der Waals surface area contributed by atoms with E-state index in [1.54, 1.807) is 0 Å². The van der Waals surface area contributed by atoms with Gasteiger partial charge < -0.3 is 0 Å².